The van der Waals surface area contributed by atoms with Crippen LogP contribution >= 0.6 is 11.3 Å². The van der Waals surface area contributed by atoms with Crippen LogP contribution < -0.4 is 10.9 Å². The van der Waals surface area contributed by atoms with Gasteiger partial charge >= 0.3 is 0 Å². The van der Waals surface area contributed by atoms with Crippen molar-refractivity contribution in [2.45, 2.75) is 33.7 Å². The highest BCUT2D eigenvalue weighted by atomic mass is 32.1. The first-order chi connectivity index (χ1) is 9.13. The quantitative estimate of drug-likeness (QED) is 0.663. The zero-order valence-electron chi connectivity index (χ0n) is 11.4. The van der Waals surface area contributed by atoms with Gasteiger partial charge in [-0.05, 0) is 26.3 Å². The van der Waals surface area contributed by atoms with Crippen LogP contribution in [0.25, 0.3) is 10.2 Å². The molecule has 0 fully saturated rings. The van der Waals surface area contributed by atoms with Crippen LogP contribution in [0.5, 0.6) is 0 Å². The van der Waals surface area contributed by atoms with Crippen molar-refractivity contribution in [3.8, 4) is 11.8 Å². The van der Waals surface area contributed by atoms with Gasteiger partial charge in [-0.3, -0.25) is 4.79 Å². The summed E-state index contributed by atoms with van der Waals surface area (Å²) in [6.07, 6.45) is 0.806. The van der Waals surface area contributed by atoms with E-state index in [9.17, 15) is 4.79 Å². The predicted octanol–water partition coefficient (Wildman–Crippen LogP) is 2.10. The lowest BCUT2D eigenvalue weighted by Gasteiger charge is -2.02. The number of thiophene rings is 1. The van der Waals surface area contributed by atoms with Gasteiger partial charge in [0.15, 0.2) is 0 Å². The Bertz CT molecular complexity index is 703. The molecule has 0 bridgehead atoms. The van der Waals surface area contributed by atoms with Crippen molar-refractivity contribution in [1.29, 1.82) is 0 Å². The maximum absolute atomic E-state index is 12.0. The molecule has 4 nitrogen and oxygen atoms in total. The predicted molar refractivity (Wildman–Crippen MR) is 79.5 cm³/mol. The van der Waals surface area contributed by atoms with E-state index in [-0.39, 0.29) is 5.56 Å². The maximum atomic E-state index is 12.0. The highest BCUT2D eigenvalue weighted by molar-refractivity contribution is 7.18. The first kappa shape index (κ1) is 13.8. The summed E-state index contributed by atoms with van der Waals surface area (Å²) >= 11 is 1.57. The second kappa shape index (κ2) is 6.00. The smallest absolute Gasteiger partial charge is 0.259 e. The molecule has 0 aromatic carbocycles. The van der Waals surface area contributed by atoms with Crippen molar-refractivity contribution in [2.24, 2.45) is 0 Å². The third-order valence-corrected chi connectivity index (χ3v) is 4.09. The minimum atomic E-state index is -0.0444. The Morgan fingerprint density at radius 1 is 1.42 bits per heavy atom. The number of nitrogens with one attached hydrogen (secondary N) is 2. The summed E-state index contributed by atoms with van der Waals surface area (Å²) in [7, 11) is 0. The summed E-state index contributed by atoms with van der Waals surface area (Å²) in [6.45, 7) is 7.17. The van der Waals surface area contributed by atoms with Gasteiger partial charge in [-0.2, -0.15) is 0 Å². The fraction of sp³-hybridized carbons (Fsp3) is 0.429. The van der Waals surface area contributed by atoms with Crippen LogP contribution in [0.15, 0.2) is 4.79 Å². The molecular weight excluding hydrogens is 258 g/mol. The zero-order valence-corrected chi connectivity index (χ0v) is 12.2. The van der Waals surface area contributed by atoms with E-state index in [1.165, 1.54) is 0 Å². The van der Waals surface area contributed by atoms with E-state index >= 15 is 0 Å². The van der Waals surface area contributed by atoms with Crippen LogP contribution in [0, 0.1) is 25.7 Å². The van der Waals surface area contributed by atoms with Crippen LogP contribution in [0.1, 0.15) is 29.6 Å². The average Bonchev–Trinajstić information content (AvgIpc) is 2.65. The Labute approximate surface area is 116 Å². The van der Waals surface area contributed by atoms with Crippen LogP contribution in [0.3, 0.4) is 0 Å². The first-order valence-electron chi connectivity index (χ1n) is 6.22. The molecule has 0 aliphatic carbocycles. The Balaban J connectivity index is 2.16. The van der Waals surface area contributed by atoms with Crippen molar-refractivity contribution in [2.75, 3.05) is 6.54 Å². The summed E-state index contributed by atoms with van der Waals surface area (Å²) < 4.78 is 0. The standard InChI is InChI=1S/C14H17N3OS/c1-4-5-6-7-15-8-11-16-13(18)12-9(2)10(3)19-14(12)17-11/h15H,6-8H2,1-3H3,(H,16,17,18). The first-order valence-corrected chi connectivity index (χ1v) is 7.04. The van der Waals surface area contributed by atoms with Crippen molar-refractivity contribution >= 4 is 21.6 Å². The minimum Gasteiger partial charge on any atom is -0.309 e. The number of aryl methyl sites for hydroxylation is 2. The Morgan fingerprint density at radius 2 is 2.21 bits per heavy atom. The van der Waals surface area contributed by atoms with Gasteiger partial charge in [0, 0.05) is 17.8 Å². The van der Waals surface area contributed by atoms with Gasteiger partial charge in [-0.1, -0.05) is 0 Å². The summed E-state index contributed by atoms with van der Waals surface area (Å²) in [5.41, 5.74) is 0.989. The average molecular weight is 275 g/mol. The molecule has 2 heterocycles. The Kier molecular flexibility index (Phi) is 4.35. The Morgan fingerprint density at radius 3 is 2.95 bits per heavy atom. The summed E-state index contributed by atoms with van der Waals surface area (Å²) in [5.74, 6) is 6.51. The normalized spacial score (nSPS) is 10.5. The van der Waals surface area contributed by atoms with Crippen LogP contribution in [0.2, 0.25) is 0 Å². The molecule has 2 aromatic rings. The van der Waals surface area contributed by atoms with Gasteiger partial charge in [-0.15, -0.1) is 23.2 Å². The molecule has 2 rings (SSSR count). The third kappa shape index (κ3) is 3.03. The van der Waals surface area contributed by atoms with Crippen molar-refractivity contribution in [3.05, 3.63) is 26.6 Å². The summed E-state index contributed by atoms with van der Waals surface area (Å²) in [4.78, 5) is 21.3. The lowest BCUT2D eigenvalue weighted by atomic mass is 10.2. The number of rotatable bonds is 4. The van der Waals surface area contributed by atoms with Crippen molar-refractivity contribution < 1.29 is 0 Å². The van der Waals surface area contributed by atoms with E-state index in [1.807, 2.05) is 20.8 Å². The summed E-state index contributed by atoms with van der Waals surface area (Å²) in [6, 6.07) is 0. The minimum absolute atomic E-state index is 0.0444. The van der Waals surface area contributed by atoms with Gasteiger partial charge in [-0.25, -0.2) is 4.98 Å². The lowest BCUT2D eigenvalue weighted by Crippen LogP contribution is -2.20. The third-order valence-electron chi connectivity index (χ3n) is 2.98. The number of hydrogen-bond donors (Lipinski definition) is 2. The van der Waals surface area contributed by atoms with E-state index in [2.05, 4.69) is 27.1 Å². The molecule has 0 amide bonds. The zero-order chi connectivity index (χ0) is 13.8. The van der Waals surface area contributed by atoms with Gasteiger partial charge in [0.2, 0.25) is 0 Å². The number of aromatic nitrogens is 2. The highest BCUT2D eigenvalue weighted by Gasteiger charge is 2.11. The molecule has 5 heteroatoms. The SMILES string of the molecule is CC#CCCNCc1nc2sc(C)c(C)c2c(=O)[nH]1. The molecular formula is C14H17N3OS. The molecule has 2 N–H and O–H groups in total. The highest BCUT2D eigenvalue weighted by Crippen LogP contribution is 2.25. The number of fused-ring (bicyclic) bond motifs is 1. The fourth-order valence-corrected chi connectivity index (χ4v) is 2.91. The van der Waals surface area contributed by atoms with Crippen LogP contribution in [-0.4, -0.2) is 16.5 Å². The van der Waals surface area contributed by atoms with Gasteiger partial charge in [0.1, 0.15) is 10.7 Å². The summed E-state index contributed by atoms with van der Waals surface area (Å²) in [5, 5.41) is 3.94. The molecule has 0 saturated carbocycles. The van der Waals surface area contributed by atoms with E-state index in [0.29, 0.717) is 12.4 Å². The van der Waals surface area contributed by atoms with Gasteiger partial charge < -0.3 is 10.3 Å². The molecule has 100 valence electrons. The lowest BCUT2D eigenvalue weighted by molar-refractivity contribution is 0.671. The number of hydrogen-bond acceptors (Lipinski definition) is 4. The maximum Gasteiger partial charge on any atom is 0.259 e. The molecule has 0 radical (unpaired) electrons. The fourth-order valence-electron chi connectivity index (χ4n) is 1.87. The van der Waals surface area contributed by atoms with E-state index in [0.717, 1.165) is 33.6 Å². The van der Waals surface area contributed by atoms with Crippen LogP contribution in [0.4, 0.5) is 0 Å². The second-order valence-electron chi connectivity index (χ2n) is 4.33. The molecule has 19 heavy (non-hydrogen) atoms. The number of aromatic amines is 1. The molecule has 0 unspecified atom stereocenters. The molecule has 0 spiro atoms. The second-order valence-corrected chi connectivity index (χ2v) is 5.53. The molecule has 0 atom stereocenters. The van der Waals surface area contributed by atoms with E-state index < -0.39 is 0 Å². The number of H-pyrrole nitrogens is 1. The van der Waals surface area contributed by atoms with Gasteiger partial charge in [0.05, 0.1) is 11.9 Å². The molecule has 0 aliphatic heterocycles. The van der Waals surface area contributed by atoms with Crippen LogP contribution in [-0.2, 0) is 6.54 Å². The molecule has 0 saturated heterocycles. The van der Waals surface area contributed by atoms with E-state index in [4.69, 9.17) is 0 Å². The molecule has 0 aliphatic rings. The number of nitrogens with zero attached hydrogens (tertiary/aromatic N) is 1. The largest absolute Gasteiger partial charge is 0.309 e. The van der Waals surface area contributed by atoms with Crippen molar-refractivity contribution in [3.63, 3.8) is 0 Å². The van der Waals surface area contributed by atoms with Gasteiger partial charge in [0.25, 0.3) is 5.56 Å². The molecule has 2 aromatic heterocycles. The van der Waals surface area contributed by atoms with Crippen molar-refractivity contribution in [1.82, 2.24) is 15.3 Å². The Hall–Kier alpha value is -1.64. The van der Waals surface area contributed by atoms with E-state index in [1.54, 1.807) is 11.3 Å². The monoisotopic (exact) mass is 275 g/mol. The topological polar surface area (TPSA) is 57.8 Å².